The number of aliphatic imine (C=N–C) groups is 1. The van der Waals surface area contributed by atoms with E-state index in [1.54, 1.807) is 7.11 Å². The van der Waals surface area contributed by atoms with Gasteiger partial charge in [0.05, 0.1) is 13.7 Å². The standard InChI is InChI=1S/C20H34N4O2.HI/c1-4-24(5-2)11-12-26-18-10-9-17(13-19(18)25-3)15-23-20(21)22-14-16-7-6-8-16;/h9-10,13,16H,4-8,11-12,14-15H2,1-3H3,(H3,21,22,23);1H. The molecule has 1 aromatic carbocycles. The molecule has 6 nitrogen and oxygen atoms in total. The van der Waals surface area contributed by atoms with Crippen LogP contribution in [0.4, 0.5) is 0 Å². The second kappa shape index (κ2) is 13.0. The number of methoxy groups -OCH3 is 1. The zero-order chi connectivity index (χ0) is 18.8. The van der Waals surface area contributed by atoms with Crippen LogP contribution in [0.15, 0.2) is 23.2 Å². The highest BCUT2D eigenvalue weighted by Crippen LogP contribution is 2.28. The molecule has 2 rings (SSSR count). The molecule has 0 atom stereocenters. The Morgan fingerprint density at radius 2 is 2.00 bits per heavy atom. The Bertz CT molecular complexity index is 575. The van der Waals surface area contributed by atoms with Crippen LogP contribution in [0.25, 0.3) is 0 Å². The zero-order valence-corrected chi connectivity index (χ0v) is 19.2. The van der Waals surface area contributed by atoms with Crippen molar-refractivity contribution >= 4 is 29.9 Å². The lowest BCUT2D eigenvalue weighted by Gasteiger charge is -2.25. The summed E-state index contributed by atoms with van der Waals surface area (Å²) in [6, 6.07) is 5.93. The van der Waals surface area contributed by atoms with Gasteiger partial charge >= 0.3 is 0 Å². The van der Waals surface area contributed by atoms with Crippen LogP contribution in [-0.2, 0) is 6.54 Å². The number of nitrogens with two attached hydrogens (primary N) is 1. The molecule has 0 unspecified atom stereocenters. The van der Waals surface area contributed by atoms with Gasteiger partial charge in [-0.1, -0.05) is 26.3 Å². The van der Waals surface area contributed by atoms with Gasteiger partial charge in [-0.05, 0) is 49.5 Å². The van der Waals surface area contributed by atoms with Crippen LogP contribution < -0.4 is 20.5 Å². The van der Waals surface area contributed by atoms with E-state index in [0.29, 0.717) is 19.1 Å². The lowest BCUT2D eigenvalue weighted by atomic mass is 9.85. The molecule has 7 heteroatoms. The first-order valence-electron chi connectivity index (χ1n) is 9.72. The van der Waals surface area contributed by atoms with Crippen LogP contribution in [0.2, 0.25) is 0 Å². The molecule has 0 bridgehead atoms. The smallest absolute Gasteiger partial charge is 0.188 e. The fraction of sp³-hybridized carbons (Fsp3) is 0.650. The average molecular weight is 490 g/mol. The van der Waals surface area contributed by atoms with Gasteiger partial charge in [-0.3, -0.25) is 0 Å². The number of guanidine groups is 1. The third-order valence-corrected chi connectivity index (χ3v) is 5.02. The minimum atomic E-state index is 0. The molecule has 3 N–H and O–H groups in total. The van der Waals surface area contributed by atoms with Gasteiger partial charge in [-0.25, -0.2) is 4.99 Å². The maximum atomic E-state index is 5.95. The predicted octanol–water partition coefficient (Wildman–Crippen LogP) is 3.24. The Balaban J connectivity index is 0.00000364. The Labute approximate surface area is 180 Å². The van der Waals surface area contributed by atoms with Crippen molar-refractivity contribution in [2.75, 3.05) is 39.9 Å². The number of nitrogens with one attached hydrogen (secondary N) is 1. The van der Waals surface area contributed by atoms with Crippen molar-refractivity contribution in [1.82, 2.24) is 10.2 Å². The fourth-order valence-corrected chi connectivity index (χ4v) is 2.93. The van der Waals surface area contributed by atoms with Crippen molar-refractivity contribution in [2.45, 2.75) is 39.7 Å². The molecular weight excluding hydrogens is 455 g/mol. The van der Waals surface area contributed by atoms with E-state index in [1.807, 2.05) is 18.2 Å². The van der Waals surface area contributed by atoms with Crippen molar-refractivity contribution in [2.24, 2.45) is 16.6 Å². The number of hydrogen-bond donors (Lipinski definition) is 2. The molecular formula is C20H35IN4O2. The Hall–Kier alpha value is -1.22. The van der Waals surface area contributed by atoms with E-state index in [1.165, 1.54) is 19.3 Å². The van der Waals surface area contributed by atoms with Crippen molar-refractivity contribution in [3.8, 4) is 11.5 Å². The first-order valence-corrected chi connectivity index (χ1v) is 9.72. The van der Waals surface area contributed by atoms with E-state index < -0.39 is 0 Å². The zero-order valence-electron chi connectivity index (χ0n) is 16.9. The summed E-state index contributed by atoms with van der Waals surface area (Å²) in [5.41, 5.74) is 7.00. The van der Waals surface area contributed by atoms with Crippen LogP contribution in [0, 0.1) is 5.92 Å². The summed E-state index contributed by atoms with van der Waals surface area (Å²) in [5.74, 6) is 2.77. The van der Waals surface area contributed by atoms with Gasteiger partial charge in [-0.15, -0.1) is 24.0 Å². The van der Waals surface area contributed by atoms with Crippen LogP contribution in [0.5, 0.6) is 11.5 Å². The fourth-order valence-electron chi connectivity index (χ4n) is 2.93. The Kier molecular flexibility index (Phi) is 11.5. The first kappa shape index (κ1) is 23.8. The number of ether oxygens (including phenoxy) is 2. The monoisotopic (exact) mass is 490 g/mol. The third-order valence-electron chi connectivity index (χ3n) is 5.02. The molecule has 0 spiro atoms. The molecule has 154 valence electrons. The van der Waals surface area contributed by atoms with Gasteiger partial charge in [-0.2, -0.15) is 0 Å². The summed E-state index contributed by atoms with van der Waals surface area (Å²) in [6.45, 7) is 9.39. The summed E-state index contributed by atoms with van der Waals surface area (Å²) in [6.07, 6.45) is 3.94. The number of rotatable bonds is 11. The van der Waals surface area contributed by atoms with Gasteiger partial charge in [0, 0.05) is 13.1 Å². The molecule has 0 aliphatic heterocycles. The highest BCUT2D eigenvalue weighted by atomic mass is 127. The summed E-state index contributed by atoms with van der Waals surface area (Å²) in [4.78, 5) is 6.75. The third kappa shape index (κ3) is 8.13. The highest BCUT2D eigenvalue weighted by molar-refractivity contribution is 14.0. The second-order valence-corrected chi connectivity index (χ2v) is 6.74. The van der Waals surface area contributed by atoms with Crippen molar-refractivity contribution in [3.63, 3.8) is 0 Å². The topological polar surface area (TPSA) is 72.1 Å². The maximum Gasteiger partial charge on any atom is 0.188 e. The molecule has 0 radical (unpaired) electrons. The average Bonchev–Trinajstić information content (AvgIpc) is 2.62. The van der Waals surface area contributed by atoms with Crippen molar-refractivity contribution in [1.29, 1.82) is 0 Å². The summed E-state index contributed by atoms with van der Waals surface area (Å²) >= 11 is 0. The molecule has 1 aromatic rings. The van der Waals surface area contributed by atoms with Crippen LogP contribution in [-0.4, -0.2) is 50.8 Å². The van der Waals surface area contributed by atoms with Crippen LogP contribution in [0.3, 0.4) is 0 Å². The minimum Gasteiger partial charge on any atom is -0.493 e. The number of benzene rings is 1. The SMILES string of the molecule is CCN(CC)CCOc1ccc(CN=C(N)NCC2CCC2)cc1OC.I. The van der Waals surface area contributed by atoms with E-state index in [9.17, 15) is 0 Å². The highest BCUT2D eigenvalue weighted by Gasteiger charge is 2.16. The molecule has 1 fully saturated rings. The normalized spacial score (nSPS) is 14.4. The number of nitrogens with zero attached hydrogens (tertiary/aromatic N) is 2. The van der Waals surface area contributed by atoms with Crippen molar-refractivity contribution in [3.05, 3.63) is 23.8 Å². The van der Waals surface area contributed by atoms with Gasteiger partial charge in [0.25, 0.3) is 0 Å². The Morgan fingerprint density at radius 3 is 2.59 bits per heavy atom. The molecule has 1 aliphatic carbocycles. The van der Waals surface area contributed by atoms with Gasteiger partial charge in [0.15, 0.2) is 17.5 Å². The second-order valence-electron chi connectivity index (χ2n) is 6.74. The lowest BCUT2D eigenvalue weighted by Crippen LogP contribution is -2.37. The van der Waals surface area contributed by atoms with Gasteiger partial charge < -0.3 is 25.4 Å². The molecule has 0 aromatic heterocycles. The summed E-state index contributed by atoms with van der Waals surface area (Å²) < 4.78 is 11.4. The Morgan fingerprint density at radius 1 is 1.26 bits per heavy atom. The number of hydrogen-bond acceptors (Lipinski definition) is 4. The summed E-state index contributed by atoms with van der Waals surface area (Å²) in [5, 5.41) is 3.21. The van der Waals surface area contributed by atoms with Gasteiger partial charge in [0.1, 0.15) is 6.61 Å². The van der Waals surface area contributed by atoms with Gasteiger partial charge in [0.2, 0.25) is 0 Å². The minimum absolute atomic E-state index is 0. The molecule has 27 heavy (non-hydrogen) atoms. The summed E-state index contributed by atoms with van der Waals surface area (Å²) in [7, 11) is 1.66. The number of likely N-dealkylation sites (N-methyl/N-ethyl adjacent to an activating group) is 1. The number of halogens is 1. The molecule has 0 amide bonds. The molecule has 1 saturated carbocycles. The largest absolute Gasteiger partial charge is 0.493 e. The maximum absolute atomic E-state index is 5.95. The van der Waals surface area contributed by atoms with E-state index in [0.717, 1.165) is 49.2 Å². The molecule has 0 heterocycles. The quantitative estimate of drug-likeness (QED) is 0.283. The van der Waals surface area contributed by atoms with E-state index in [-0.39, 0.29) is 24.0 Å². The lowest BCUT2D eigenvalue weighted by molar-refractivity contribution is 0.217. The molecule has 0 saturated heterocycles. The first-order chi connectivity index (χ1) is 12.7. The predicted molar refractivity (Wildman–Crippen MR) is 122 cm³/mol. The van der Waals surface area contributed by atoms with E-state index in [4.69, 9.17) is 15.2 Å². The van der Waals surface area contributed by atoms with Crippen LogP contribution >= 0.6 is 24.0 Å². The molecule has 1 aliphatic rings. The van der Waals surface area contributed by atoms with Crippen LogP contribution in [0.1, 0.15) is 38.7 Å². The van der Waals surface area contributed by atoms with E-state index >= 15 is 0 Å². The van der Waals surface area contributed by atoms with Crippen molar-refractivity contribution < 1.29 is 9.47 Å². The van der Waals surface area contributed by atoms with E-state index in [2.05, 4.69) is 29.1 Å².